The molecule has 0 bridgehead atoms. The van der Waals surface area contributed by atoms with E-state index in [1.54, 1.807) is 13.0 Å². The van der Waals surface area contributed by atoms with Gasteiger partial charge in [-0.3, -0.25) is 14.9 Å². The van der Waals surface area contributed by atoms with Crippen LogP contribution in [0.15, 0.2) is 71.9 Å². The van der Waals surface area contributed by atoms with E-state index in [-0.39, 0.29) is 17.1 Å². The normalized spacial score (nSPS) is 10.7. The highest BCUT2D eigenvalue weighted by molar-refractivity contribution is 7.99. The molecule has 1 aromatic heterocycles. The molecule has 0 fully saturated rings. The van der Waals surface area contributed by atoms with E-state index < -0.39 is 10.8 Å². The number of benzene rings is 3. The van der Waals surface area contributed by atoms with Crippen molar-refractivity contribution in [1.82, 2.24) is 15.2 Å². The quantitative estimate of drug-likeness (QED) is 0.201. The number of nitro benzene ring substituents is 1. The molecule has 176 valence electrons. The maximum atomic E-state index is 12.5. The Morgan fingerprint density at radius 3 is 2.03 bits per heavy atom. The fraction of sp³-hybridized carbons (Fsp3) is 0.154. The molecule has 8 nitrogen and oxygen atoms in total. The van der Waals surface area contributed by atoms with Crippen LogP contribution in [0.5, 0.6) is 0 Å². The summed E-state index contributed by atoms with van der Waals surface area (Å²) in [6.07, 6.45) is 0. The van der Waals surface area contributed by atoms with Crippen molar-refractivity contribution < 1.29 is 9.72 Å². The van der Waals surface area contributed by atoms with Gasteiger partial charge < -0.3 is 5.32 Å². The van der Waals surface area contributed by atoms with Gasteiger partial charge in [0.2, 0.25) is 11.1 Å². The molecule has 1 heterocycles. The minimum atomic E-state index is -0.513. The van der Waals surface area contributed by atoms with Crippen molar-refractivity contribution in [2.75, 3.05) is 11.1 Å². The number of amides is 1. The Morgan fingerprint density at radius 1 is 0.857 bits per heavy atom. The minimum absolute atomic E-state index is 0.0239. The summed E-state index contributed by atoms with van der Waals surface area (Å²) in [5.41, 5.74) is 6.11. The van der Waals surface area contributed by atoms with Gasteiger partial charge in [0.05, 0.1) is 10.7 Å². The highest BCUT2D eigenvalue weighted by Gasteiger charge is 2.18. The second kappa shape index (κ2) is 10.4. The number of nitrogens with zero attached hydrogens (tertiary/aromatic N) is 4. The number of hydrogen-bond donors (Lipinski definition) is 1. The van der Waals surface area contributed by atoms with Crippen LogP contribution in [0.25, 0.3) is 22.5 Å². The third-order valence-corrected chi connectivity index (χ3v) is 6.11. The van der Waals surface area contributed by atoms with Crippen LogP contribution in [0.3, 0.4) is 0 Å². The number of aromatic nitrogens is 3. The van der Waals surface area contributed by atoms with Crippen LogP contribution in [-0.2, 0) is 4.79 Å². The Hall–Kier alpha value is -4.11. The first-order valence-electron chi connectivity index (χ1n) is 10.9. The number of nitro groups is 1. The Morgan fingerprint density at radius 2 is 1.43 bits per heavy atom. The van der Waals surface area contributed by atoms with Crippen LogP contribution in [0.2, 0.25) is 0 Å². The van der Waals surface area contributed by atoms with Gasteiger partial charge in [-0.25, -0.2) is 4.98 Å². The van der Waals surface area contributed by atoms with E-state index in [0.29, 0.717) is 16.5 Å². The van der Waals surface area contributed by atoms with Gasteiger partial charge in [0.25, 0.3) is 5.69 Å². The van der Waals surface area contributed by atoms with Gasteiger partial charge in [0.1, 0.15) is 17.1 Å². The summed E-state index contributed by atoms with van der Waals surface area (Å²) in [6.45, 7) is 5.79. The van der Waals surface area contributed by atoms with Crippen molar-refractivity contribution >= 4 is 29.0 Å². The summed E-state index contributed by atoms with van der Waals surface area (Å²) in [6, 6.07) is 20.6. The molecule has 0 aliphatic heterocycles. The molecule has 0 saturated carbocycles. The van der Waals surface area contributed by atoms with Crippen molar-refractivity contribution in [2.24, 2.45) is 0 Å². The lowest BCUT2D eigenvalue weighted by atomic mass is 10.0. The summed E-state index contributed by atoms with van der Waals surface area (Å²) in [5, 5.41) is 22.9. The van der Waals surface area contributed by atoms with E-state index in [0.717, 1.165) is 39.6 Å². The largest absolute Gasteiger partial charge is 0.320 e. The van der Waals surface area contributed by atoms with Crippen LogP contribution in [0, 0.1) is 30.9 Å². The number of carbonyl (C=O) groups excluding carboxylic acids is 1. The molecule has 0 aliphatic carbocycles. The third-order valence-electron chi connectivity index (χ3n) is 5.27. The Bertz CT molecular complexity index is 1390. The zero-order chi connectivity index (χ0) is 24.9. The molecule has 4 rings (SSSR count). The number of nitrogens with one attached hydrogen (secondary N) is 1. The SMILES string of the molecule is Cc1ccc(-c2nnc(SCC(=O)Nc3ccc(C)cc3[N+](=O)[O-])nc2-c2ccc(C)cc2)cc1. The molecule has 0 radical (unpaired) electrons. The van der Waals surface area contributed by atoms with Crippen LogP contribution in [0.1, 0.15) is 16.7 Å². The van der Waals surface area contributed by atoms with Gasteiger partial charge in [-0.05, 0) is 32.4 Å². The molecule has 0 atom stereocenters. The topological polar surface area (TPSA) is 111 Å². The summed E-state index contributed by atoms with van der Waals surface area (Å²) in [7, 11) is 0. The minimum Gasteiger partial charge on any atom is -0.320 e. The number of hydrogen-bond acceptors (Lipinski definition) is 7. The highest BCUT2D eigenvalue weighted by atomic mass is 32.2. The van der Waals surface area contributed by atoms with E-state index in [1.807, 2.05) is 62.4 Å². The lowest BCUT2D eigenvalue weighted by Crippen LogP contribution is -2.15. The first-order valence-corrected chi connectivity index (χ1v) is 11.9. The fourth-order valence-corrected chi connectivity index (χ4v) is 3.99. The van der Waals surface area contributed by atoms with Crippen LogP contribution < -0.4 is 5.32 Å². The van der Waals surface area contributed by atoms with Gasteiger partial charge >= 0.3 is 0 Å². The van der Waals surface area contributed by atoms with Gasteiger partial charge in [-0.1, -0.05) is 77.5 Å². The molecule has 0 spiro atoms. The molecule has 1 N–H and O–H groups in total. The zero-order valence-corrected chi connectivity index (χ0v) is 20.3. The number of rotatable bonds is 7. The van der Waals surface area contributed by atoms with Crippen LogP contribution in [-0.4, -0.2) is 31.8 Å². The molecule has 0 saturated heterocycles. The van der Waals surface area contributed by atoms with Crippen molar-refractivity contribution in [3.05, 3.63) is 93.5 Å². The maximum absolute atomic E-state index is 12.5. The molecular weight excluding hydrogens is 462 g/mol. The molecule has 1 amide bonds. The standard InChI is InChI=1S/C26H23N5O3S/c1-16-4-9-19(10-5-16)24-25(20-11-6-17(2)7-12-20)29-30-26(28-24)35-15-23(32)27-21-13-8-18(3)14-22(21)31(33)34/h4-14H,15H2,1-3H3,(H,27,32). The van der Waals surface area contributed by atoms with Crippen molar-refractivity contribution in [3.63, 3.8) is 0 Å². The first-order chi connectivity index (χ1) is 16.8. The van der Waals surface area contributed by atoms with Crippen molar-refractivity contribution in [2.45, 2.75) is 25.9 Å². The summed E-state index contributed by atoms with van der Waals surface area (Å²) < 4.78 is 0. The lowest BCUT2D eigenvalue weighted by molar-refractivity contribution is -0.384. The summed E-state index contributed by atoms with van der Waals surface area (Å²) >= 11 is 1.12. The second-order valence-corrected chi connectivity index (χ2v) is 9.08. The second-order valence-electron chi connectivity index (χ2n) is 8.14. The molecule has 0 aliphatic rings. The zero-order valence-electron chi connectivity index (χ0n) is 19.5. The van der Waals surface area contributed by atoms with E-state index in [1.165, 1.54) is 12.1 Å². The van der Waals surface area contributed by atoms with Gasteiger partial charge in [-0.15, -0.1) is 10.2 Å². The van der Waals surface area contributed by atoms with E-state index >= 15 is 0 Å². The van der Waals surface area contributed by atoms with Crippen molar-refractivity contribution in [1.29, 1.82) is 0 Å². The van der Waals surface area contributed by atoms with E-state index in [2.05, 4.69) is 15.5 Å². The number of thioether (sulfide) groups is 1. The molecule has 9 heteroatoms. The molecule has 3 aromatic carbocycles. The Balaban J connectivity index is 1.57. The predicted molar refractivity (Wildman–Crippen MR) is 137 cm³/mol. The maximum Gasteiger partial charge on any atom is 0.293 e. The Kier molecular flexibility index (Phi) is 7.17. The third kappa shape index (κ3) is 5.88. The summed E-state index contributed by atoms with van der Waals surface area (Å²) in [4.78, 5) is 28.0. The number of carbonyl (C=O) groups is 1. The fourth-order valence-electron chi connectivity index (χ4n) is 3.41. The van der Waals surface area contributed by atoms with Gasteiger partial charge in [0, 0.05) is 17.2 Å². The van der Waals surface area contributed by atoms with Gasteiger partial charge in [0.15, 0.2) is 0 Å². The van der Waals surface area contributed by atoms with Crippen LogP contribution in [0.4, 0.5) is 11.4 Å². The number of aryl methyl sites for hydroxylation is 3. The summed E-state index contributed by atoms with van der Waals surface area (Å²) in [5.74, 6) is -0.422. The van der Waals surface area contributed by atoms with Crippen LogP contribution >= 0.6 is 11.8 Å². The first kappa shape index (κ1) is 24.0. The lowest BCUT2D eigenvalue weighted by Gasteiger charge is -2.10. The van der Waals surface area contributed by atoms with E-state index in [4.69, 9.17) is 4.98 Å². The molecular formula is C26H23N5O3S. The smallest absolute Gasteiger partial charge is 0.293 e. The molecule has 35 heavy (non-hydrogen) atoms. The molecule has 4 aromatic rings. The molecule has 0 unspecified atom stereocenters. The number of anilines is 1. The average Bonchev–Trinajstić information content (AvgIpc) is 2.85. The van der Waals surface area contributed by atoms with Crippen molar-refractivity contribution in [3.8, 4) is 22.5 Å². The highest BCUT2D eigenvalue weighted by Crippen LogP contribution is 2.31. The average molecular weight is 486 g/mol. The monoisotopic (exact) mass is 485 g/mol. The van der Waals surface area contributed by atoms with E-state index in [9.17, 15) is 14.9 Å². The van der Waals surface area contributed by atoms with Gasteiger partial charge in [-0.2, -0.15) is 0 Å². The predicted octanol–water partition coefficient (Wildman–Crippen LogP) is 5.77. The Labute approximate surface area is 207 Å².